The molecule has 1 aliphatic carbocycles. The van der Waals surface area contributed by atoms with E-state index in [2.05, 4.69) is 5.10 Å². The summed E-state index contributed by atoms with van der Waals surface area (Å²) in [4.78, 5) is 19.7. The average Bonchev–Trinajstić information content (AvgIpc) is 3.39. The van der Waals surface area contributed by atoms with Crippen molar-refractivity contribution in [2.24, 2.45) is 7.05 Å². The van der Waals surface area contributed by atoms with Crippen LogP contribution in [0.1, 0.15) is 49.1 Å². The summed E-state index contributed by atoms with van der Waals surface area (Å²) in [6.45, 7) is 2.06. The number of methoxy groups -OCH3 is 1. The van der Waals surface area contributed by atoms with E-state index in [0.717, 1.165) is 35.7 Å². The van der Waals surface area contributed by atoms with Crippen molar-refractivity contribution >= 4 is 5.91 Å². The van der Waals surface area contributed by atoms with Crippen LogP contribution in [0, 0.1) is 0 Å². The normalized spacial score (nSPS) is 21.5. The fraction of sp³-hybridized carbons (Fsp3) is 0.455. The van der Waals surface area contributed by atoms with Crippen LogP contribution in [0.3, 0.4) is 0 Å². The lowest BCUT2D eigenvalue weighted by molar-refractivity contribution is -0.160. The number of hydrogen-bond donors (Lipinski definition) is 0. The quantitative estimate of drug-likeness (QED) is 0.606. The van der Waals surface area contributed by atoms with Gasteiger partial charge in [-0.2, -0.15) is 10.2 Å². The molecule has 31 heavy (non-hydrogen) atoms. The zero-order valence-corrected chi connectivity index (χ0v) is 17.9. The molecular formula is C22H26N6O3. The number of hydrogen-bond acceptors (Lipinski definition) is 6. The zero-order chi connectivity index (χ0) is 21.5. The van der Waals surface area contributed by atoms with Crippen molar-refractivity contribution in [1.82, 2.24) is 29.4 Å². The molecule has 1 amide bonds. The van der Waals surface area contributed by atoms with Gasteiger partial charge < -0.3 is 14.4 Å². The van der Waals surface area contributed by atoms with E-state index in [4.69, 9.17) is 19.6 Å². The number of benzene rings is 1. The van der Waals surface area contributed by atoms with Crippen LogP contribution in [-0.2, 0) is 23.0 Å². The molecule has 3 heterocycles. The Morgan fingerprint density at radius 3 is 2.61 bits per heavy atom. The molecule has 2 aromatic heterocycles. The second-order valence-electron chi connectivity index (χ2n) is 8.01. The molecule has 0 radical (unpaired) electrons. The first kappa shape index (κ1) is 19.7. The smallest absolute Gasteiger partial charge is 0.249 e. The highest BCUT2D eigenvalue weighted by Gasteiger charge is 2.47. The minimum Gasteiger partial charge on any atom is -0.497 e. The van der Waals surface area contributed by atoms with Gasteiger partial charge in [0.15, 0.2) is 11.6 Å². The van der Waals surface area contributed by atoms with Crippen LogP contribution in [-0.4, -0.2) is 55.1 Å². The van der Waals surface area contributed by atoms with Crippen molar-refractivity contribution in [2.75, 3.05) is 13.7 Å². The van der Waals surface area contributed by atoms with E-state index in [1.165, 1.54) is 0 Å². The molecule has 1 aromatic carbocycles. The maximum Gasteiger partial charge on any atom is 0.249 e. The summed E-state index contributed by atoms with van der Waals surface area (Å²) >= 11 is 0. The number of carbonyl (C=O) groups is 1. The van der Waals surface area contributed by atoms with Gasteiger partial charge in [0, 0.05) is 19.5 Å². The van der Waals surface area contributed by atoms with Gasteiger partial charge in [0.1, 0.15) is 24.1 Å². The van der Waals surface area contributed by atoms with Gasteiger partial charge in [-0.05, 0) is 30.5 Å². The number of aryl methyl sites for hydroxylation is 2. The molecule has 0 spiro atoms. The van der Waals surface area contributed by atoms with E-state index >= 15 is 0 Å². The Kier molecular flexibility index (Phi) is 4.97. The van der Waals surface area contributed by atoms with Crippen LogP contribution in [0.5, 0.6) is 5.75 Å². The van der Waals surface area contributed by atoms with Gasteiger partial charge in [0.2, 0.25) is 5.91 Å². The zero-order valence-electron chi connectivity index (χ0n) is 17.9. The van der Waals surface area contributed by atoms with Gasteiger partial charge in [-0.3, -0.25) is 9.48 Å². The largest absolute Gasteiger partial charge is 0.497 e. The van der Waals surface area contributed by atoms with E-state index in [1.807, 2.05) is 49.3 Å². The average molecular weight is 422 g/mol. The van der Waals surface area contributed by atoms with Gasteiger partial charge >= 0.3 is 0 Å². The van der Waals surface area contributed by atoms with E-state index in [9.17, 15) is 4.79 Å². The van der Waals surface area contributed by atoms with Crippen molar-refractivity contribution < 1.29 is 14.3 Å². The van der Waals surface area contributed by atoms with Gasteiger partial charge in [0.05, 0.1) is 25.5 Å². The highest BCUT2D eigenvalue weighted by molar-refractivity contribution is 5.79. The lowest BCUT2D eigenvalue weighted by Gasteiger charge is -2.41. The second-order valence-corrected chi connectivity index (χ2v) is 8.01. The Labute approximate surface area is 180 Å². The number of ether oxygens (including phenoxy) is 2. The lowest BCUT2D eigenvalue weighted by Crippen LogP contribution is -2.47. The predicted octanol–water partition coefficient (Wildman–Crippen LogP) is 2.38. The highest BCUT2D eigenvalue weighted by Crippen LogP contribution is 2.45. The summed E-state index contributed by atoms with van der Waals surface area (Å²) in [5, 5.41) is 8.98. The van der Waals surface area contributed by atoms with Crippen LogP contribution in [0.25, 0.3) is 5.69 Å². The summed E-state index contributed by atoms with van der Waals surface area (Å²) in [7, 11) is 3.51. The van der Waals surface area contributed by atoms with Crippen LogP contribution in [0.4, 0.5) is 0 Å². The molecule has 0 N–H and O–H groups in total. The predicted molar refractivity (Wildman–Crippen MR) is 112 cm³/mol. The van der Waals surface area contributed by atoms with E-state index in [1.54, 1.807) is 22.7 Å². The third-order valence-electron chi connectivity index (χ3n) is 5.84. The molecule has 0 unspecified atom stereocenters. The second kappa shape index (κ2) is 7.81. The third kappa shape index (κ3) is 3.59. The van der Waals surface area contributed by atoms with Crippen LogP contribution >= 0.6 is 0 Å². The Morgan fingerprint density at radius 2 is 2.00 bits per heavy atom. The van der Waals surface area contributed by atoms with Crippen molar-refractivity contribution in [2.45, 2.75) is 44.4 Å². The summed E-state index contributed by atoms with van der Waals surface area (Å²) in [6, 6.07) is 7.79. The summed E-state index contributed by atoms with van der Waals surface area (Å²) in [6.07, 6.45) is 5.94. The molecule has 1 saturated carbocycles. The van der Waals surface area contributed by atoms with E-state index in [0.29, 0.717) is 12.2 Å². The van der Waals surface area contributed by atoms with Gasteiger partial charge in [-0.15, -0.1) is 0 Å². The molecular weight excluding hydrogens is 396 g/mol. The van der Waals surface area contributed by atoms with Crippen molar-refractivity contribution in [3.05, 3.63) is 53.9 Å². The first-order valence-corrected chi connectivity index (χ1v) is 10.6. The molecule has 1 aliphatic heterocycles. The van der Waals surface area contributed by atoms with E-state index in [-0.39, 0.29) is 24.6 Å². The summed E-state index contributed by atoms with van der Waals surface area (Å²) in [5.74, 6) is 2.20. The summed E-state index contributed by atoms with van der Waals surface area (Å²) in [5.41, 5.74) is 1.81. The van der Waals surface area contributed by atoms with Crippen molar-refractivity contribution in [3.8, 4) is 11.4 Å². The molecule has 3 aromatic rings. The molecule has 2 atom stereocenters. The number of rotatable bonds is 6. The number of aromatic nitrogens is 5. The lowest BCUT2D eigenvalue weighted by atomic mass is 9.96. The molecule has 1 saturated heterocycles. The highest BCUT2D eigenvalue weighted by atomic mass is 16.5. The molecule has 2 fully saturated rings. The van der Waals surface area contributed by atoms with Gasteiger partial charge in [0.25, 0.3) is 0 Å². The maximum atomic E-state index is 12.9. The molecule has 9 nitrogen and oxygen atoms in total. The standard InChI is InChI=1S/C22H26N6O3/c1-4-18-24-22(28(25-18)16-11-23-26(2)12-16)21-20(14-5-9-17(30-3)10-6-14)27(15-7-8-15)19(29)13-31-21/h5-6,9-12,15,20-21H,4,7-8,13H2,1-3H3/t20-,21+/m1/s1. The Morgan fingerprint density at radius 1 is 1.23 bits per heavy atom. The molecule has 162 valence electrons. The molecule has 5 rings (SSSR count). The minimum absolute atomic E-state index is 0.0164. The molecule has 9 heteroatoms. The number of morpholine rings is 1. The van der Waals surface area contributed by atoms with Crippen molar-refractivity contribution in [1.29, 1.82) is 0 Å². The Bertz CT molecular complexity index is 1090. The van der Waals surface area contributed by atoms with E-state index < -0.39 is 6.10 Å². The fourth-order valence-corrected chi connectivity index (χ4v) is 4.17. The Hall–Kier alpha value is -3.20. The monoisotopic (exact) mass is 422 g/mol. The minimum atomic E-state index is -0.445. The van der Waals surface area contributed by atoms with Gasteiger partial charge in [-0.1, -0.05) is 19.1 Å². The number of nitrogens with zero attached hydrogens (tertiary/aromatic N) is 6. The molecule has 2 aliphatic rings. The maximum absolute atomic E-state index is 12.9. The van der Waals surface area contributed by atoms with Crippen LogP contribution in [0.2, 0.25) is 0 Å². The van der Waals surface area contributed by atoms with Gasteiger partial charge in [-0.25, -0.2) is 9.67 Å². The third-order valence-corrected chi connectivity index (χ3v) is 5.84. The number of carbonyl (C=O) groups excluding carboxylic acids is 1. The summed E-state index contributed by atoms with van der Waals surface area (Å²) < 4.78 is 15.0. The number of amides is 1. The fourth-order valence-electron chi connectivity index (χ4n) is 4.17. The van der Waals surface area contributed by atoms with Crippen LogP contribution < -0.4 is 4.74 Å². The first-order chi connectivity index (χ1) is 15.1. The first-order valence-electron chi connectivity index (χ1n) is 10.6. The SMILES string of the molecule is CCc1nc([C@H]2OCC(=O)N(C3CC3)[C@@H]2c2ccc(OC)cc2)n(-c2cnn(C)c2)n1. The molecule has 0 bridgehead atoms. The van der Waals surface area contributed by atoms with Crippen LogP contribution in [0.15, 0.2) is 36.7 Å². The Balaban J connectivity index is 1.62. The van der Waals surface area contributed by atoms with Crippen molar-refractivity contribution in [3.63, 3.8) is 0 Å². The topological polar surface area (TPSA) is 87.3 Å².